The van der Waals surface area contributed by atoms with Gasteiger partial charge in [-0.15, -0.1) is 0 Å². The first-order valence-corrected chi connectivity index (χ1v) is 15.2. The fourth-order valence-corrected chi connectivity index (χ4v) is 5.89. The van der Waals surface area contributed by atoms with Crippen molar-refractivity contribution in [3.05, 3.63) is 123 Å². The topological polar surface area (TPSA) is 102 Å². The van der Waals surface area contributed by atoms with Crippen molar-refractivity contribution in [3.63, 3.8) is 0 Å². The number of amides is 3. The van der Waals surface area contributed by atoms with Gasteiger partial charge in [0.05, 0.1) is 27.5 Å². The van der Waals surface area contributed by atoms with Gasteiger partial charge in [0, 0.05) is 41.0 Å². The van der Waals surface area contributed by atoms with E-state index < -0.39 is 24.3 Å². The van der Waals surface area contributed by atoms with Crippen molar-refractivity contribution < 1.29 is 23.9 Å². The molecule has 1 aliphatic rings. The highest BCUT2D eigenvalue weighted by Crippen LogP contribution is 2.37. The van der Waals surface area contributed by atoms with Crippen molar-refractivity contribution >= 4 is 57.5 Å². The first kappa shape index (κ1) is 31.0. The molecule has 0 N–H and O–H groups in total. The molecule has 0 saturated heterocycles. The maximum atomic E-state index is 13.3. The van der Waals surface area contributed by atoms with Gasteiger partial charge in [0.2, 0.25) is 5.91 Å². The summed E-state index contributed by atoms with van der Waals surface area (Å²) in [4.78, 5) is 50.2. The van der Waals surface area contributed by atoms with E-state index in [2.05, 4.69) is 4.98 Å². The average Bonchev–Trinajstić information content (AvgIpc) is 3.29. The van der Waals surface area contributed by atoms with Gasteiger partial charge in [0.25, 0.3) is 11.8 Å². The van der Waals surface area contributed by atoms with Crippen LogP contribution < -0.4 is 14.4 Å². The van der Waals surface area contributed by atoms with Gasteiger partial charge in [0.15, 0.2) is 0 Å². The summed E-state index contributed by atoms with van der Waals surface area (Å²) in [6.45, 7) is 3.34. The number of benzene rings is 3. The number of halogens is 2. The van der Waals surface area contributed by atoms with Crippen LogP contribution in [0.5, 0.6) is 11.5 Å². The van der Waals surface area contributed by atoms with Crippen LogP contribution in [-0.4, -0.2) is 46.2 Å². The standard InChI is InChI=1S/C35H28Cl2N4O5/c1-20-17-30(46-21(2)27-12-6-7-16-38-27)24-11-8-13-29(33(24)39-20)45-19-25-26(36)14-15-28(32(25)37)40(3)31(42)18-41-34(43)22-9-4-5-10-23(22)35(41)44/h4-17,21H,18-19H2,1-3H3. The van der Waals surface area contributed by atoms with Crippen LogP contribution in [0, 0.1) is 6.92 Å². The highest BCUT2D eigenvalue weighted by atomic mass is 35.5. The van der Waals surface area contributed by atoms with Crippen molar-refractivity contribution in [2.45, 2.75) is 26.6 Å². The number of hydrogen-bond acceptors (Lipinski definition) is 7. The van der Waals surface area contributed by atoms with Gasteiger partial charge in [-0.25, -0.2) is 4.98 Å². The number of likely N-dealkylation sites (N-methyl/N-ethyl adjacent to an activating group) is 1. The van der Waals surface area contributed by atoms with E-state index in [1.807, 2.05) is 50.2 Å². The van der Waals surface area contributed by atoms with Crippen LogP contribution in [0.3, 0.4) is 0 Å². The Labute approximate surface area is 275 Å². The minimum Gasteiger partial charge on any atom is -0.487 e. The van der Waals surface area contributed by atoms with Crippen LogP contribution in [0.2, 0.25) is 10.0 Å². The molecular weight excluding hydrogens is 627 g/mol. The van der Waals surface area contributed by atoms with Crippen molar-refractivity contribution in [2.24, 2.45) is 0 Å². The monoisotopic (exact) mass is 654 g/mol. The van der Waals surface area contributed by atoms with Crippen molar-refractivity contribution in [3.8, 4) is 11.5 Å². The molecule has 1 aliphatic heterocycles. The van der Waals surface area contributed by atoms with E-state index in [1.54, 1.807) is 48.7 Å². The van der Waals surface area contributed by atoms with Crippen molar-refractivity contribution in [1.82, 2.24) is 14.9 Å². The molecular formula is C35H28Cl2N4O5. The average molecular weight is 656 g/mol. The Morgan fingerprint density at radius 1 is 0.935 bits per heavy atom. The fourth-order valence-electron chi connectivity index (χ4n) is 5.28. The van der Waals surface area contributed by atoms with Gasteiger partial charge >= 0.3 is 0 Å². The number of anilines is 1. The van der Waals surface area contributed by atoms with Gasteiger partial charge < -0.3 is 14.4 Å². The molecule has 0 fully saturated rings. The number of pyridine rings is 2. The second-order valence-corrected chi connectivity index (χ2v) is 11.6. The molecule has 0 saturated carbocycles. The SMILES string of the molecule is Cc1cc(OC(C)c2ccccn2)c2cccc(OCc3c(Cl)ccc(N(C)C(=O)CN4C(=O)c5ccccc5C4=O)c3Cl)c2n1. The third kappa shape index (κ3) is 5.87. The van der Waals surface area contributed by atoms with Gasteiger partial charge in [-0.1, -0.05) is 47.5 Å². The van der Waals surface area contributed by atoms with Gasteiger partial charge in [-0.2, -0.15) is 0 Å². The quantitative estimate of drug-likeness (QED) is 0.155. The molecule has 3 amide bonds. The summed E-state index contributed by atoms with van der Waals surface area (Å²) >= 11 is 13.4. The van der Waals surface area contributed by atoms with Crippen LogP contribution in [0.1, 0.15) is 50.7 Å². The summed E-state index contributed by atoms with van der Waals surface area (Å²) in [5, 5.41) is 1.30. The number of rotatable bonds is 9. The minimum absolute atomic E-state index is 0.0266. The third-order valence-corrected chi connectivity index (χ3v) is 8.52. The molecule has 5 aromatic rings. The van der Waals surface area contributed by atoms with Crippen LogP contribution in [0.25, 0.3) is 10.9 Å². The van der Waals surface area contributed by atoms with Crippen LogP contribution in [-0.2, 0) is 11.4 Å². The fraction of sp³-hybridized carbons (Fsp3) is 0.171. The molecule has 11 heteroatoms. The lowest BCUT2D eigenvalue weighted by molar-refractivity contribution is -0.118. The van der Waals surface area contributed by atoms with E-state index in [1.165, 1.54) is 11.9 Å². The maximum Gasteiger partial charge on any atom is 0.262 e. The third-order valence-electron chi connectivity index (χ3n) is 7.75. The number of imide groups is 1. The second-order valence-electron chi connectivity index (χ2n) is 10.8. The minimum atomic E-state index is -0.516. The second kappa shape index (κ2) is 12.8. The molecule has 1 unspecified atom stereocenters. The number of aromatic nitrogens is 2. The summed E-state index contributed by atoms with van der Waals surface area (Å²) in [6, 6.07) is 22.8. The van der Waals surface area contributed by atoms with Crippen LogP contribution in [0.4, 0.5) is 5.69 Å². The summed E-state index contributed by atoms with van der Waals surface area (Å²) in [5.41, 5.74) is 3.47. The summed E-state index contributed by atoms with van der Waals surface area (Å²) in [7, 11) is 1.52. The lowest BCUT2D eigenvalue weighted by Crippen LogP contribution is -2.41. The zero-order valence-electron chi connectivity index (χ0n) is 25.2. The molecule has 46 heavy (non-hydrogen) atoms. The number of fused-ring (bicyclic) bond motifs is 2. The molecule has 0 bridgehead atoms. The number of ether oxygens (including phenoxy) is 2. The highest BCUT2D eigenvalue weighted by Gasteiger charge is 2.37. The summed E-state index contributed by atoms with van der Waals surface area (Å²) in [6.07, 6.45) is 1.43. The number of hydrogen-bond donors (Lipinski definition) is 0. The number of carbonyl (C=O) groups excluding carboxylic acids is 3. The molecule has 3 heterocycles. The zero-order chi connectivity index (χ0) is 32.5. The first-order valence-electron chi connectivity index (χ1n) is 14.4. The highest BCUT2D eigenvalue weighted by molar-refractivity contribution is 6.38. The molecule has 6 rings (SSSR count). The normalized spacial score (nSPS) is 13.1. The summed E-state index contributed by atoms with van der Waals surface area (Å²) in [5.74, 6) is -0.409. The number of carbonyl (C=O) groups is 3. The van der Waals surface area contributed by atoms with Crippen LogP contribution in [0.15, 0.2) is 85.1 Å². The van der Waals surface area contributed by atoms with Crippen molar-refractivity contribution in [2.75, 3.05) is 18.5 Å². The number of para-hydroxylation sites is 1. The molecule has 3 aromatic carbocycles. The van der Waals surface area contributed by atoms with E-state index in [0.717, 1.165) is 21.7 Å². The van der Waals surface area contributed by atoms with Gasteiger partial charge in [0.1, 0.15) is 36.3 Å². The first-order chi connectivity index (χ1) is 22.1. The van der Waals surface area contributed by atoms with E-state index in [4.69, 9.17) is 37.7 Å². The molecule has 0 spiro atoms. The van der Waals surface area contributed by atoms with Crippen molar-refractivity contribution in [1.29, 1.82) is 0 Å². The lowest BCUT2D eigenvalue weighted by Gasteiger charge is -2.23. The number of nitrogens with zero attached hydrogens (tertiary/aromatic N) is 4. The van der Waals surface area contributed by atoms with E-state index in [-0.39, 0.29) is 28.9 Å². The molecule has 232 valence electrons. The van der Waals surface area contributed by atoms with E-state index >= 15 is 0 Å². The van der Waals surface area contributed by atoms with Gasteiger partial charge in [-0.3, -0.25) is 24.3 Å². The zero-order valence-corrected chi connectivity index (χ0v) is 26.7. The Balaban J connectivity index is 1.22. The predicted octanol–water partition coefficient (Wildman–Crippen LogP) is 7.22. The Morgan fingerprint density at radius 2 is 1.65 bits per heavy atom. The Morgan fingerprint density at radius 3 is 2.35 bits per heavy atom. The van der Waals surface area contributed by atoms with E-state index in [9.17, 15) is 14.4 Å². The van der Waals surface area contributed by atoms with E-state index in [0.29, 0.717) is 33.3 Å². The molecule has 1 atom stereocenters. The smallest absolute Gasteiger partial charge is 0.262 e. The Bertz CT molecular complexity index is 1970. The Kier molecular flexibility index (Phi) is 8.62. The molecule has 9 nitrogen and oxygen atoms in total. The summed E-state index contributed by atoms with van der Waals surface area (Å²) < 4.78 is 12.5. The number of aryl methyl sites for hydroxylation is 1. The van der Waals surface area contributed by atoms with Crippen LogP contribution >= 0.6 is 23.2 Å². The van der Waals surface area contributed by atoms with Gasteiger partial charge in [-0.05, 0) is 62.4 Å². The molecule has 0 radical (unpaired) electrons. The molecule has 2 aromatic heterocycles. The maximum absolute atomic E-state index is 13.3. The lowest BCUT2D eigenvalue weighted by atomic mass is 10.1. The Hall–Kier alpha value is -4.99. The predicted molar refractivity (Wildman–Crippen MR) is 176 cm³/mol. The largest absolute Gasteiger partial charge is 0.487 e. The molecule has 0 aliphatic carbocycles.